The van der Waals surface area contributed by atoms with Gasteiger partial charge in [-0.3, -0.25) is 9.59 Å². The molecule has 0 spiro atoms. The molecule has 4 heteroatoms. The summed E-state index contributed by atoms with van der Waals surface area (Å²) in [7, 11) is 0. The molecule has 1 aromatic carbocycles. The Bertz CT molecular complexity index is 438. The van der Waals surface area contributed by atoms with Crippen LogP contribution < -0.4 is 10.6 Å². The summed E-state index contributed by atoms with van der Waals surface area (Å²) in [5.41, 5.74) is 3.12. The van der Waals surface area contributed by atoms with E-state index in [1.807, 2.05) is 19.9 Å². The first kappa shape index (κ1) is 8.74. The second kappa shape index (κ2) is 2.83. The van der Waals surface area contributed by atoms with Gasteiger partial charge in [-0.05, 0) is 31.0 Å². The van der Waals surface area contributed by atoms with Crippen molar-refractivity contribution in [2.45, 2.75) is 13.8 Å². The molecule has 14 heavy (non-hydrogen) atoms. The van der Waals surface area contributed by atoms with Gasteiger partial charge in [-0.15, -0.1) is 0 Å². The molecule has 1 aliphatic heterocycles. The third-order valence-electron chi connectivity index (χ3n) is 2.10. The summed E-state index contributed by atoms with van der Waals surface area (Å²) in [6, 6.07) is 3.73. The molecule has 4 nitrogen and oxygen atoms in total. The van der Waals surface area contributed by atoms with E-state index in [1.54, 1.807) is 6.07 Å². The van der Waals surface area contributed by atoms with Crippen LogP contribution in [0, 0.1) is 13.8 Å². The molecule has 1 radical (unpaired) electrons. The maximum Gasteiger partial charge on any atom is 0.335 e. The molecule has 0 atom stereocenters. The van der Waals surface area contributed by atoms with E-state index in [-0.39, 0.29) is 0 Å². The van der Waals surface area contributed by atoms with Crippen molar-refractivity contribution >= 4 is 23.2 Å². The fraction of sp³-hybridized carbons (Fsp3) is 0.200. The number of hydrogen-bond donors (Lipinski definition) is 1. The van der Waals surface area contributed by atoms with Crippen LogP contribution in [0.25, 0.3) is 0 Å². The van der Waals surface area contributed by atoms with E-state index in [4.69, 9.17) is 0 Å². The molecule has 0 aromatic heterocycles. The van der Waals surface area contributed by atoms with Crippen LogP contribution in [-0.4, -0.2) is 11.8 Å². The molecule has 0 saturated heterocycles. The van der Waals surface area contributed by atoms with Crippen LogP contribution in [0.4, 0.5) is 11.4 Å². The van der Waals surface area contributed by atoms with Crippen molar-refractivity contribution in [2.75, 3.05) is 5.32 Å². The highest BCUT2D eigenvalue weighted by Gasteiger charge is 2.25. The highest BCUT2D eigenvalue weighted by molar-refractivity contribution is 6.42. The first-order chi connectivity index (χ1) is 6.58. The SMILES string of the molecule is Cc1cc(C)c2c(c1)NC(=O)C(=O)[N]2. The summed E-state index contributed by atoms with van der Waals surface area (Å²) >= 11 is 0. The Morgan fingerprint density at radius 1 is 1.21 bits per heavy atom. The van der Waals surface area contributed by atoms with Crippen molar-refractivity contribution in [3.05, 3.63) is 23.3 Å². The van der Waals surface area contributed by atoms with Crippen molar-refractivity contribution in [2.24, 2.45) is 0 Å². The maximum absolute atomic E-state index is 11.0. The number of carbonyl (C=O) groups is 2. The van der Waals surface area contributed by atoms with Crippen LogP contribution >= 0.6 is 0 Å². The number of rotatable bonds is 0. The highest BCUT2D eigenvalue weighted by atomic mass is 16.2. The van der Waals surface area contributed by atoms with Gasteiger partial charge in [0, 0.05) is 0 Å². The average Bonchev–Trinajstić information content (AvgIpc) is 2.08. The van der Waals surface area contributed by atoms with E-state index in [0.717, 1.165) is 11.1 Å². The third kappa shape index (κ3) is 1.25. The smallest absolute Gasteiger partial charge is 0.316 e. The van der Waals surface area contributed by atoms with Crippen LogP contribution in [0.3, 0.4) is 0 Å². The van der Waals surface area contributed by atoms with E-state index in [9.17, 15) is 9.59 Å². The van der Waals surface area contributed by atoms with Gasteiger partial charge in [-0.25, -0.2) is 5.32 Å². The average molecular weight is 189 g/mol. The van der Waals surface area contributed by atoms with E-state index < -0.39 is 11.8 Å². The number of anilines is 1. The van der Waals surface area contributed by atoms with Gasteiger partial charge in [0.2, 0.25) is 0 Å². The quantitative estimate of drug-likeness (QED) is 0.619. The molecule has 1 aromatic rings. The van der Waals surface area contributed by atoms with E-state index in [2.05, 4.69) is 10.6 Å². The van der Waals surface area contributed by atoms with Crippen LogP contribution in [0.5, 0.6) is 0 Å². The van der Waals surface area contributed by atoms with Crippen LogP contribution in [0.1, 0.15) is 11.1 Å². The van der Waals surface area contributed by atoms with Crippen LogP contribution in [0.2, 0.25) is 0 Å². The minimum atomic E-state index is -0.732. The summed E-state index contributed by atoms with van der Waals surface area (Å²) in [6.07, 6.45) is 0. The zero-order valence-electron chi connectivity index (χ0n) is 7.92. The van der Waals surface area contributed by atoms with Crippen molar-refractivity contribution in [1.82, 2.24) is 5.32 Å². The Hall–Kier alpha value is -1.84. The van der Waals surface area contributed by atoms with Crippen molar-refractivity contribution in [1.29, 1.82) is 0 Å². The Balaban J connectivity index is 2.57. The summed E-state index contributed by atoms with van der Waals surface area (Å²) in [5, 5.41) is 6.23. The number of fused-ring (bicyclic) bond motifs is 1. The second-order valence-electron chi connectivity index (χ2n) is 3.35. The van der Waals surface area contributed by atoms with Gasteiger partial charge in [0.25, 0.3) is 0 Å². The largest absolute Gasteiger partial charge is 0.335 e. The molecule has 1 heterocycles. The second-order valence-corrected chi connectivity index (χ2v) is 3.35. The Morgan fingerprint density at radius 2 is 1.93 bits per heavy atom. The van der Waals surface area contributed by atoms with Crippen molar-refractivity contribution in [3.8, 4) is 0 Å². The molecule has 1 aliphatic rings. The van der Waals surface area contributed by atoms with Gasteiger partial charge in [0.15, 0.2) is 0 Å². The number of carbonyl (C=O) groups excluding carboxylic acids is 2. The maximum atomic E-state index is 11.0. The fourth-order valence-corrected chi connectivity index (χ4v) is 1.53. The topological polar surface area (TPSA) is 60.3 Å². The summed E-state index contributed by atoms with van der Waals surface area (Å²) in [5.74, 6) is -1.40. The number of hydrogen-bond acceptors (Lipinski definition) is 2. The number of aryl methyl sites for hydroxylation is 2. The van der Waals surface area contributed by atoms with Gasteiger partial charge in [-0.2, -0.15) is 0 Å². The lowest BCUT2D eigenvalue weighted by atomic mass is 10.1. The molecule has 0 saturated carbocycles. The number of amides is 2. The van der Waals surface area contributed by atoms with Crippen LogP contribution in [0.15, 0.2) is 12.1 Å². The minimum absolute atomic E-state index is 0.570. The summed E-state index contributed by atoms with van der Waals surface area (Å²) in [6.45, 7) is 3.79. The highest BCUT2D eigenvalue weighted by Crippen LogP contribution is 2.30. The third-order valence-corrected chi connectivity index (χ3v) is 2.10. The molecule has 2 amide bonds. The first-order valence-corrected chi connectivity index (χ1v) is 4.26. The fourth-order valence-electron chi connectivity index (χ4n) is 1.53. The number of nitrogens with zero attached hydrogens (tertiary/aromatic N) is 1. The van der Waals surface area contributed by atoms with Crippen molar-refractivity contribution in [3.63, 3.8) is 0 Å². The molecule has 1 N–H and O–H groups in total. The van der Waals surface area contributed by atoms with E-state index >= 15 is 0 Å². The number of benzene rings is 1. The molecule has 0 unspecified atom stereocenters. The van der Waals surface area contributed by atoms with Gasteiger partial charge in [0.05, 0.1) is 11.4 Å². The molecular formula is C10H9N2O2. The zero-order chi connectivity index (χ0) is 10.3. The van der Waals surface area contributed by atoms with Gasteiger partial charge >= 0.3 is 11.8 Å². The lowest BCUT2D eigenvalue weighted by Gasteiger charge is -2.17. The van der Waals surface area contributed by atoms with Crippen molar-refractivity contribution < 1.29 is 9.59 Å². The summed E-state index contributed by atoms with van der Waals surface area (Å²) in [4.78, 5) is 22.0. The van der Waals surface area contributed by atoms with Gasteiger partial charge in [0.1, 0.15) is 0 Å². The van der Waals surface area contributed by atoms with Gasteiger partial charge < -0.3 is 5.32 Å². The molecule has 0 aliphatic carbocycles. The number of nitrogens with one attached hydrogen (secondary N) is 1. The standard InChI is InChI=1S/C10H9N2O2/c1-5-3-6(2)8-7(4-5)11-9(13)10(14)12-8/h3-4H,1-2H3,(H,11,13). The Kier molecular flexibility index (Phi) is 1.77. The monoisotopic (exact) mass is 189 g/mol. The molecule has 2 rings (SSSR count). The van der Waals surface area contributed by atoms with Crippen LogP contribution in [-0.2, 0) is 9.59 Å². The molecule has 71 valence electrons. The Morgan fingerprint density at radius 3 is 2.64 bits per heavy atom. The summed E-state index contributed by atoms with van der Waals surface area (Å²) < 4.78 is 0. The molecule has 0 bridgehead atoms. The Labute approximate surface area is 81.3 Å². The predicted octanol–water partition coefficient (Wildman–Crippen LogP) is 1.02. The predicted molar refractivity (Wildman–Crippen MR) is 51.3 cm³/mol. The normalized spacial score (nSPS) is 14.4. The lowest BCUT2D eigenvalue weighted by molar-refractivity contribution is -0.135. The van der Waals surface area contributed by atoms with E-state index in [1.165, 1.54) is 0 Å². The van der Waals surface area contributed by atoms with Gasteiger partial charge in [-0.1, -0.05) is 6.07 Å². The van der Waals surface area contributed by atoms with E-state index in [0.29, 0.717) is 11.4 Å². The molecule has 0 fully saturated rings. The molecular weight excluding hydrogens is 180 g/mol. The first-order valence-electron chi connectivity index (χ1n) is 4.26. The zero-order valence-corrected chi connectivity index (χ0v) is 7.92. The lowest BCUT2D eigenvalue weighted by Crippen LogP contribution is -2.33. The minimum Gasteiger partial charge on any atom is -0.316 e.